The summed E-state index contributed by atoms with van der Waals surface area (Å²) >= 11 is 0. The Labute approximate surface area is 273 Å². The van der Waals surface area contributed by atoms with Crippen LogP contribution in [0.15, 0.2) is 170 Å². The van der Waals surface area contributed by atoms with Crippen LogP contribution in [0.25, 0.3) is 78.3 Å². The maximum Gasteiger partial charge on any atom is 0.164 e. The molecule has 7 aromatic carbocycles. The lowest BCUT2D eigenvalue weighted by atomic mass is 9.89. The van der Waals surface area contributed by atoms with E-state index in [-0.39, 0.29) is 0 Å². The highest BCUT2D eigenvalue weighted by molar-refractivity contribution is 6.04. The second-order valence-electron chi connectivity index (χ2n) is 11.5. The molecule has 1 aromatic heterocycles. The van der Waals surface area contributed by atoms with Crippen molar-refractivity contribution in [1.82, 2.24) is 15.0 Å². The van der Waals surface area contributed by atoms with E-state index in [1.165, 1.54) is 21.9 Å². The third-order valence-corrected chi connectivity index (χ3v) is 8.48. The van der Waals surface area contributed by atoms with Gasteiger partial charge < -0.3 is 5.73 Å². The Balaban J connectivity index is 1.22. The largest absolute Gasteiger partial charge is 0.399 e. The maximum atomic E-state index is 6.06. The predicted molar refractivity (Wildman–Crippen MR) is 194 cm³/mol. The molecule has 0 aliphatic heterocycles. The van der Waals surface area contributed by atoms with E-state index in [1.54, 1.807) is 0 Å². The number of nitrogens with zero attached hydrogens (tertiary/aromatic N) is 3. The van der Waals surface area contributed by atoms with Gasteiger partial charge in [0.2, 0.25) is 0 Å². The summed E-state index contributed by atoms with van der Waals surface area (Å²) < 4.78 is 0. The zero-order chi connectivity index (χ0) is 31.6. The molecule has 47 heavy (non-hydrogen) atoms. The first-order valence-electron chi connectivity index (χ1n) is 15.7. The third kappa shape index (κ3) is 5.65. The zero-order valence-electron chi connectivity index (χ0n) is 25.6. The van der Waals surface area contributed by atoms with Crippen LogP contribution < -0.4 is 5.73 Å². The Morgan fingerprint density at radius 2 is 0.830 bits per heavy atom. The SMILES string of the molecule is Nc1cccc(-c2ccc(-c3ccc4ccccc4c3-c3ccc(-c4nc(-c5ccccc5)nc(-c5ccccc5)n4)cc3)cc2)c1. The smallest absolute Gasteiger partial charge is 0.164 e. The topological polar surface area (TPSA) is 64.7 Å². The van der Waals surface area contributed by atoms with Crippen LogP contribution in [-0.2, 0) is 0 Å². The molecule has 0 fully saturated rings. The molecule has 222 valence electrons. The standard InChI is InChI=1S/C43H30N4/c44-37-16-9-15-36(28-37)29-18-20-31(21-19-29)39-27-26-30-10-7-8-17-38(30)40(39)32-22-24-35(25-23-32)43-46-41(33-11-3-1-4-12-33)45-42(47-43)34-13-5-2-6-14-34/h1-28H,44H2. The van der Waals surface area contributed by atoms with E-state index in [9.17, 15) is 0 Å². The fraction of sp³-hybridized carbons (Fsp3) is 0. The minimum Gasteiger partial charge on any atom is -0.399 e. The second kappa shape index (κ2) is 12.2. The van der Waals surface area contributed by atoms with Crippen molar-refractivity contribution in [3.05, 3.63) is 170 Å². The molecule has 0 bridgehead atoms. The summed E-state index contributed by atoms with van der Waals surface area (Å²) in [7, 11) is 0. The van der Waals surface area contributed by atoms with Crippen molar-refractivity contribution in [2.45, 2.75) is 0 Å². The summed E-state index contributed by atoms with van der Waals surface area (Å²) in [6.45, 7) is 0. The third-order valence-electron chi connectivity index (χ3n) is 8.48. The molecule has 0 aliphatic carbocycles. The van der Waals surface area contributed by atoms with Gasteiger partial charge in [0.1, 0.15) is 0 Å². The van der Waals surface area contributed by atoms with Crippen LogP contribution in [0.3, 0.4) is 0 Å². The number of nitrogen functional groups attached to an aromatic ring is 1. The van der Waals surface area contributed by atoms with Crippen molar-refractivity contribution >= 4 is 16.5 Å². The molecule has 0 spiro atoms. The first kappa shape index (κ1) is 28.1. The minimum absolute atomic E-state index is 0.638. The normalized spacial score (nSPS) is 11.1. The van der Waals surface area contributed by atoms with Gasteiger partial charge in [-0.05, 0) is 56.3 Å². The quantitative estimate of drug-likeness (QED) is 0.192. The van der Waals surface area contributed by atoms with Gasteiger partial charge in [-0.25, -0.2) is 15.0 Å². The molecule has 4 heteroatoms. The van der Waals surface area contributed by atoms with Gasteiger partial charge in [0.05, 0.1) is 0 Å². The van der Waals surface area contributed by atoms with Crippen LogP contribution in [0.5, 0.6) is 0 Å². The van der Waals surface area contributed by atoms with Crippen LogP contribution in [0, 0.1) is 0 Å². The molecular weight excluding hydrogens is 573 g/mol. The van der Waals surface area contributed by atoms with Gasteiger partial charge in [0.15, 0.2) is 17.5 Å². The number of benzene rings is 7. The summed E-state index contributed by atoms with van der Waals surface area (Å²) in [5.41, 5.74) is 16.5. The van der Waals surface area contributed by atoms with Crippen molar-refractivity contribution in [2.75, 3.05) is 5.73 Å². The predicted octanol–water partition coefficient (Wildman–Crippen LogP) is 10.6. The van der Waals surface area contributed by atoms with Gasteiger partial charge in [-0.1, -0.05) is 158 Å². The number of rotatable bonds is 6. The Bertz CT molecular complexity index is 2270. The van der Waals surface area contributed by atoms with Gasteiger partial charge in [0.25, 0.3) is 0 Å². The van der Waals surface area contributed by atoms with E-state index in [1.807, 2.05) is 78.9 Å². The number of nitrogens with two attached hydrogens (primary N) is 1. The fourth-order valence-corrected chi connectivity index (χ4v) is 6.11. The lowest BCUT2D eigenvalue weighted by Gasteiger charge is -2.15. The van der Waals surface area contributed by atoms with Crippen molar-refractivity contribution < 1.29 is 0 Å². The second-order valence-corrected chi connectivity index (χ2v) is 11.5. The lowest BCUT2D eigenvalue weighted by molar-refractivity contribution is 1.07. The minimum atomic E-state index is 0.638. The maximum absolute atomic E-state index is 6.06. The van der Waals surface area contributed by atoms with Crippen molar-refractivity contribution in [3.63, 3.8) is 0 Å². The molecule has 1 heterocycles. The average Bonchev–Trinajstić information content (AvgIpc) is 3.15. The number of anilines is 1. The highest BCUT2D eigenvalue weighted by Gasteiger charge is 2.15. The highest BCUT2D eigenvalue weighted by atomic mass is 15.0. The summed E-state index contributed by atoms with van der Waals surface area (Å²) in [6.07, 6.45) is 0. The molecule has 2 N–H and O–H groups in total. The van der Waals surface area contributed by atoms with Crippen molar-refractivity contribution in [1.29, 1.82) is 0 Å². The Morgan fingerprint density at radius 3 is 1.45 bits per heavy atom. The molecule has 8 rings (SSSR count). The Morgan fingerprint density at radius 1 is 0.340 bits per heavy atom. The van der Waals surface area contributed by atoms with E-state index in [2.05, 4.69) is 91.0 Å². The number of fused-ring (bicyclic) bond motifs is 1. The van der Waals surface area contributed by atoms with E-state index in [0.29, 0.717) is 17.5 Å². The highest BCUT2D eigenvalue weighted by Crippen LogP contribution is 2.39. The van der Waals surface area contributed by atoms with E-state index >= 15 is 0 Å². The van der Waals surface area contributed by atoms with Gasteiger partial charge in [-0.15, -0.1) is 0 Å². The van der Waals surface area contributed by atoms with Gasteiger partial charge in [-0.2, -0.15) is 0 Å². The van der Waals surface area contributed by atoms with Gasteiger partial charge >= 0.3 is 0 Å². The first-order chi connectivity index (χ1) is 23.2. The van der Waals surface area contributed by atoms with E-state index in [4.69, 9.17) is 20.7 Å². The summed E-state index contributed by atoms with van der Waals surface area (Å²) in [5, 5.41) is 2.40. The molecule has 0 saturated carbocycles. The van der Waals surface area contributed by atoms with E-state index < -0.39 is 0 Å². The lowest BCUT2D eigenvalue weighted by Crippen LogP contribution is -2.00. The average molecular weight is 603 g/mol. The summed E-state index contributed by atoms with van der Waals surface area (Å²) in [5.74, 6) is 1.94. The number of hydrogen-bond donors (Lipinski definition) is 1. The molecule has 4 nitrogen and oxygen atoms in total. The van der Waals surface area contributed by atoms with Gasteiger partial charge in [0, 0.05) is 22.4 Å². The van der Waals surface area contributed by atoms with Crippen LogP contribution in [0.4, 0.5) is 5.69 Å². The molecule has 0 amide bonds. The molecule has 0 atom stereocenters. The zero-order valence-corrected chi connectivity index (χ0v) is 25.6. The molecule has 0 radical (unpaired) electrons. The Hall–Kier alpha value is -6.39. The molecule has 8 aromatic rings. The van der Waals surface area contributed by atoms with Crippen LogP contribution in [0.2, 0.25) is 0 Å². The van der Waals surface area contributed by atoms with Crippen LogP contribution in [0.1, 0.15) is 0 Å². The number of aromatic nitrogens is 3. The Kier molecular flexibility index (Phi) is 7.29. The van der Waals surface area contributed by atoms with Crippen LogP contribution >= 0.6 is 0 Å². The summed E-state index contributed by atoms with van der Waals surface area (Å²) in [4.78, 5) is 14.7. The molecular formula is C43H30N4. The fourth-order valence-electron chi connectivity index (χ4n) is 6.11. The molecule has 0 unspecified atom stereocenters. The van der Waals surface area contributed by atoms with Crippen LogP contribution in [-0.4, -0.2) is 15.0 Å². The van der Waals surface area contributed by atoms with Crippen molar-refractivity contribution in [2.24, 2.45) is 0 Å². The van der Waals surface area contributed by atoms with Crippen molar-refractivity contribution in [3.8, 4) is 67.5 Å². The number of hydrogen-bond acceptors (Lipinski definition) is 4. The molecule has 0 saturated heterocycles. The van der Waals surface area contributed by atoms with E-state index in [0.717, 1.165) is 44.6 Å². The van der Waals surface area contributed by atoms with Gasteiger partial charge in [-0.3, -0.25) is 0 Å². The summed E-state index contributed by atoms with van der Waals surface area (Å²) in [6, 6.07) is 58.4. The first-order valence-corrected chi connectivity index (χ1v) is 15.7. The molecule has 0 aliphatic rings. The monoisotopic (exact) mass is 602 g/mol.